The lowest BCUT2D eigenvalue weighted by atomic mass is 10.0. The van der Waals surface area contributed by atoms with Crippen molar-refractivity contribution in [1.29, 1.82) is 0 Å². The lowest BCUT2D eigenvalue weighted by molar-refractivity contribution is -0.137. The van der Waals surface area contributed by atoms with Gasteiger partial charge in [0.15, 0.2) is 0 Å². The minimum Gasteiger partial charge on any atom is -0.508 e. The number of rotatable bonds is 6. The minimum absolute atomic E-state index is 0.0484. The summed E-state index contributed by atoms with van der Waals surface area (Å²) < 4.78 is 38.2. The number of likely N-dealkylation sites (N-methyl/N-ethyl adjacent to an activating group) is 1. The summed E-state index contributed by atoms with van der Waals surface area (Å²) in [5.74, 6) is 0.202. The first kappa shape index (κ1) is 23.3. The average Bonchev–Trinajstić information content (AvgIpc) is 2.75. The van der Waals surface area contributed by atoms with Crippen LogP contribution in [0, 0.1) is 13.8 Å². The first-order chi connectivity index (χ1) is 15.0. The number of phenolic OH excluding ortho intramolecular Hbond substituents is 1. The highest BCUT2D eigenvalue weighted by Crippen LogP contribution is 2.30. The molecule has 4 nitrogen and oxygen atoms in total. The number of aryl methyl sites for hydroxylation is 2. The number of aromatic nitrogens is 1. The zero-order valence-corrected chi connectivity index (χ0v) is 18.2. The van der Waals surface area contributed by atoms with Gasteiger partial charge in [-0.1, -0.05) is 30.3 Å². The van der Waals surface area contributed by atoms with Gasteiger partial charge in [0.25, 0.3) is 0 Å². The van der Waals surface area contributed by atoms with E-state index in [9.17, 15) is 23.1 Å². The second kappa shape index (κ2) is 9.42. The van der Waals surface area contributed by atoms with E-state index >= 15 is 0 Å². The molecule has 32 heavy (non-hydrogen) atoms. The van der Waals surface area contributed by atoms with Gasteiger partial charge < -0.3 is 10.0 Å². The van der Waals surface area contributed by atoms with Crippen molar-refractivity contribution in [3.63, 3.8) is 0 Å². The Morgan fingerprint density at radius 1 is 1.03 bits per heavy atom. The summed E-state index contributed by atoms with van der Waals surface area (Å²) in [6, 6.07) is 13.8. The number of carbonyl (C=O) groups excluding carboxylic acids is 1. The highest BCUT2D eigenvalue weighted by atomic mass is 19.4. The number of phenols is 1. The first-order valence-electron chi connectivity index (χ1n) is 10.2. The molecular formula is C25H25F3N2O2. The Balaban J connectivity index is 1.63. The Labute approximate surface area is 185 Å². The van der Waals surface area contributed by atoms with Crippen molar-refractivity contribution in [3.8, 4) is 17.0 Å². The van der Waals surface area contributed by atoms with Crippen molar-refractivity contribution >= 4 is 5.91 Å². The van der Waals surface area contributed by atoms with E-state index in [0.29, 0.717) is 29.9 Å². The van der Waals surface area contributed by atoms with Crippen LogP contribution in [0.15, 0.2) is 54.6 Å². The van der Waals surface area contributed by atoms with Crippen LogP contribution in [0.4, 0.5) is 13.2 Å². The van der Waals surface area contributed by atoms with E-state index in [1.165, 1.54) is 12.1 Å². The van der Waals surface area contributed by atoms with E-state index in [0.717, 1.165) is 28.8 Å². The summed E-state index contributed by atoms with van der Waals surface area (Å²) >= 11 is 0. The molecule has 0 saturated carbocycles. The molecule has 1 heterocycles. The van der Waals surface area contributed by atoms with Gasteiger partial charge in [-0.3, -0.25) is 9.78 Å². The van der Waals surface area contributed by atoms with Crippen molar-refractivity contribution in [1.82, 2.24) is 9.88 Å². The number of pyridine rings is 1. The van der Waals surface area contributed by atoms with Crippen LogP contribution >= 0.6 is 0 Å². The topological polar surface area (TPSA) is 53.4 Å². The summed E-state index contributed by atoms with van der Waals surface area (Å²) in [6.07, 6.45) is -3.51. The van der Waals surface area contributed by atoms with Crippen LogP contribution in [0.25, 0.3) is 11.3 Å². The van der Waals surface area contributed by atoms with E-state index in [1.807, 2.05) is 19.1 Å². The fourth-order valence-electron chi connectivity index (χ4n) is 3.36. The Hall–Kier alpha value is -3.35. The summed E-state index contributed by atoms with van der Waals surface area (Å²) in [4.78, 5) is 18.8. The van der Waals surface area contributed by atoms with Crippen LogP contribution in [-0.4, -0.2) is 34.5 Å². The van der Waals surface area contributed by atoms with E-state index in [-0.39, 0.29) is 18.1 Å². The van der Waals surface area contributed by atoms with Gasteiger partial charge in [-0.25, -0.2) is 0 Å². The average molecular weight is 442 g/mol. The number of benzene rings is 2. The molecule has 0 atom stereocenters. The highest BCUT2D eigenvalue weighted by Gasteiger charge is 2.30. The molecule has 0 aliphatic carbocycles. The van der Waals surface area contributed by atoms with Crippen LogP contribution in [0.5, 0.6) is 5.75 Å². The van der Waals surface area contributed by atoms with E-state index in [4.69, 9.17) is 0 Å². The monoisotopic (exact) mass is 442 g/mol. The number of alkyl halides is 3. The van der Waals surface area contributed by atoms with Gasteiger partial charge in [0, 0.05) is 24.8 Å². The fourth-order valence-corrected chi connectivity index (χ4v) is 3.36. The Bertz CT molecular complexity index is 1110. The Morgan fingerprint density at radius 2 is 1.72 bits per heavy atom. The maximum atomic E-state index is 12.7. The number of halogens is 3. The summed E-state index contributed by atoms with van der Waals surface area (Å²) in [7, 11) is 1.74. The van der Waals surface area contributed by atoms with Crippen molar-refractivity contribution in [2.45, 2.75) is 32.9 Å². The van der Waals surface area contributed by atoms with Crippen LogP contribution in [0.2, 0.25) is 0 Å². The van der Waals surface area contributed by atoms with E-state index < -0.39 is 11.7 Å². The number of hydrogen-bond donors (Lipinski definition) is 1. The van der Waals surface area contributed by atoms with Crippen molar-refractivity contribution in [3.05, 3.63) is 82.5 Å². The normalized spacial score (nSPS) is 11.4. The van der Waals surface area contributed by atoms with Gasteiger partial charge in [0.2, 0.25) is 5.91 Å². The standard InChI is InChI=1S/C25H25F3N2O2/c1-16-14-18(4-11-23(16)31)12-13-30(3)24(32)15-20-7-10-22(29-17(20)2)19-5-8-21(9-6-19)25(26,27)28/h4-11,14,31H,12-13,15H2,1-3H3. The summed E-state index contributed by atoms with van der Waals surface area (Å²) in [5.41, 5.74) is 3.72. The highest BCUT2D eigenvalue weighted by molar-refractivity contribution is 5.79. The minimum atomic E-state index is -4.38. The van der Waals surface area contributed by atoms with Gasteiger partial charge in [-0.05, 0) is 61.2 Å². The van der Waals surface area contributed by atoms with Crippen LogP contribution in [0.3, 0.4) is 0 Å². The molecule has 0 saturated heterocycles. The predicted octanol–water partition coefficient (Wildman–Crippen LogP) is 5.33. The third-order valence-electron chi connectivity index (χ3n) is 5.47. The molecule has 3 aromatic rings. The zero-order valence-electron chi connectivity index (χ0n) is 18.2. The van der Waals surface area contributed by atoms with Gasteiger partial charge in [0.05, 0.1) is 17.7 Å². The Morgan fingerprint density at radius 3 is 2.31 bits per heavy atom. The first-order valence-corrected chi connectivity index (χ1v) is 10.2. The molecule has 2 aromatic carbocycles. The summed E-state index contributed by atoms with van der Waals surface area (Å²) in [6.45, 7) is 4.16. The number of nitrogens with zero attached hydrogens (tertiary/aromatic N) is 2. The van der Waals surface area contributed by atoms with Crippen molar-refractivity contribution in [2.24, 2.45) is 0 Å². The van der Waals surface area contributed by atoms with Crippen molar-refractivity contribution in [2.75, 3.05) is 13.6 Å². The lowest BCUT2D eigenvalue weighted by Gasteiger charge is -2.18. The number of aromatic hydroxyl groups is 1. The second-order valence-corrected chi connectivity index (χ2v) is 7.88. The number of hydrogen-bond acceptors (Lipinski definition) is 3. The van der Waals surface area contributed by atoms with Crippen LogP contribution in [-0.2, 0) is 23.8 Å². The molecule has 1 aromatic heterocycles. The maximum absolute atomic E-state index is 12.7. The molecule has 0 aliphatic rings. The largest absolute Gasteiger partial charge is 0.508 e. The molecule has 1 N–H and O–H groups in total. The molecule has 0 unspecified atom stereocenters. The number of carbonyl (C=O) groups is 1. The van der Waals surface area contributed by atoms with Gasteiger partial charge >= 0.3 is 6.18 Å². The maximum Gasteiger partial charge on any atom is 0.416 e. The third-order valence-corrected chi connectivity index (χ3v) is 5.47. The van der Waals surface area contributed by atoms with Crippen LogP contribution in [0.1, 0.15) is 27.9 Å². The van der Waals surface area contributed by atoms with Crippen LogP contribution < -0.4 is 0 Å². The summed E-state index contributed by atoms with van der Waals surface area (Å²) in [5, 5.41) is 9.62. The quantitative estimate of drug-likeness (QED) is 0.561. The SMILES string of the molecule is Cc1cc(CCN(C)C(=O)Cc2ccc(-c3ccc(C(F)(F)F)cc3)nc2C)ccc1O. The molecule has 0 radical (unpaired) electrons. The van der Waals surface area contributed by atoms with Gasteiger partial charge in [-0.2, -0.15) is 13.2 Å². The van der Waals surface area contributed by atoms with Gasteiger partial charge in [-0.15, -0.1) is 0 Å². The van der Waals surface area contributed by atoms with Crippen molar-refractivity contribution < 1.29 is 23.1 Å². The molecule has 0 bridgehead atoms. The molecule has 7 heteroatoms. The smallest absolute Gasteiger partial charge is 0.416 e. The van der Waals surface area contributed by atoms with E-state index in [2.05, 4.69) is 4.98 Å². The van der Waals surface area contributed by atoms with E-state index in [1.54, 1.807) is 37.1 Å². The second-order valence-electron chi connectivity index (χ2n) is 7.88. The molecule has 0 fully saturated rings. The zero-order chi connectivity index (χ0) is 23.5. The predicted molar refractivity (Wildman–Crippen MR) is 117 cm³/mol. The molecule has 3 rings (SSSR count). The lowest BCUT2D eigenvalue weighted by Crippen LogP contribution is -2.30. The number of amides is 1. The molecule has 0 spiro atoms. The molecule has 1 amide bonds. The Kier molecular flexibility index (Phi) is 6.87. The fraction of sp³-hybridized carbons (Fsp3) is 0.280. The molecule has 168 valence electrons. The molecule has 0 aliphatic heterocycles. The molecular weight excluding hydrogens is 417 g/mol. The third kappa shape index (κ3) is 5.66. The van der Waals surface area contributed by atoms with Gasteiger partial charge in [0.1, 0.15) is 5.75 Å².